The molecule has 0 radical (unpaired) electrons. The van der Waals surface area contributed by atoms with Gasteiger partial charge in [-0.1, -0.05) is 30.3 Å². The summed E-state index contributed by atoms with van der Waals surface area (Å²) in [5.74, 6) is 0.572. The quantitative estimate of drug-likeness (QED) is 0.849. The van der Waals surface area contributed by atoms with E-state index in [2.05, 4.69) is 34.3 Å². The van der Waals surface area contributed by atoms with E-state index < -0.39 is 5.66 Å². The molecule has 0 amide bonds. The fourth-order valence-corrected chi connectivity index (χ4v) is 2.57. The Morgan fingerprint density at radius 3 is 2.33 bits per heavy atom. The maximum Gasteiger partial charge on any atom is 0.220 e. The number of anilines is 1. The van der Waals surface area contributed by atoms with Crippen molar-refractivity contribution in [3.63, 3.8) is 0 Å². The minimum absolute atomic E-state index is 0. The molecule has 0 spiro atoms. The number of hydrogen-bond donors (Lipinski definition) is 2. The highest BCUT2D eigenvalue weighted by Gasteiger charge is 2.32. The van der Waals surface area contributed by atoms with E-state index in [1.165, 1.54) is 5.39 Å². The Kier molecular flexibility index (Phi) is 3.78. The zero-order chi connectivity index (χ0) is 14.3. The van der Waals surface area contributed by atoms with Crippen molar-refractivity contribution in [1.82, 2.24) is 0 Å². The molecule has 1 heterocycles. The highest BCUT2D eigenvalue weighted by molar-refractivity contribution is 6.06. The number of rotatable bonds is 1. The highest BCUT2D eigenvalue weighted by atomic mass is 35.5. The van der Waals surface area contributed by atoms with E-state index in [-0.39, 0.29) is 18.4 Å². The molecule has 0 aromatic heterocycles. The van der Waals surface area contributed by atoms with Crippen molar-refractivity contribution in [1.29, 1.82) is 0 Å². The van der Waals surface area contributed by atoms with Crippen molar-refractivity contribution in [2.45, 2.75) is 19.5 Å². The lowest BCUT2D eigenvalue weighted by atomic mass is 10.1. The van der Waals surface area contributed by atoms with E-state index in [1.807, 2.05) is 36.9 Å². The van der Waals surface area contributed by atoms with Crippen LogP contribution >= 0.6 is 12.4 Å². The maximum atomic E-state index is 6.04. The molecule has 2 aromatic carbocycles. The third-order valence-electron chi connectivity index (χ3n) is 3.38. The number of nitrogens with two attached hydrogens (primary N) is 2. The van der Waals surface area contributed by atoms with E-state index in [0.717, 1.165) is 11.1 Å². The van der Waals surface area contributed by atoms with Crippen molar-refractivity contribution in [3.05, 3.63) is 42.5 Å². The Morgan fingerprint density at radius 1 is 1.00 bits per heavy atom. The van der Waals surface area contributed by atoms with Crippen LogP contribution in [0.5, 0.6) is 0 Å². The van der Waals surface area contributed by atoms with Gasteiger partial charge in [0, 0.05) is 5.69 Å². The third-order valence-corrected chi connectivity index (χ3v) is 3.38. The normalized spacial score (nSPS) is 17.0. The number of aliphatic imine (C=N–C) groups is 2. The van der Waals surface area contributed by atoms with Gasteiger partial charge in [0.05, 0.1) is 0 Å². The van der Waals surface area contributed by atoms with Crippen molar-refractivity contribution in [2.24, 2.45) is 21.5 Å². The molecule has 0 bridgehead atoms. The predicted molar refractivity (Wildman–Crippen MR) is 91.0 cm³/mol. The number of fused-ring (bicyclic) bond motifs is 1. The highest BCUT2D eigenvalue weighted by Crippen LogP contribution is 2.29. The molecular formula is C15H18ClN5. The van der Waals surface area contributed by atoms with E-state index in [0.29, 0.717) is 5.96 Å². The first-order valence-electron chi connectivity index (χ1n) is 6.46. The van der Waals surface area contributed by atoms with Crippen molar-refractivity contribution in [3.8, 4) is 0 Å². The van der Waals surface area contributed by atoms with Gasteiger partial charge in [-0.2, -0.15) is 4.99 Å². The largest absolute Gasteiger partial charge is 0.369 e. The first-order chi connectivity index (χ1) is 9.47. The number of guanidine groups is 2. The van der Waals surface area contributed by atoms with Crippen LogP contribution in [0.25, 0.3) is 10.8 Å². The first kappa shape index (κ1) is 15.1. The molecular weight excluding hydrogens is 286 g/mol. The average Bonchev–Trinajstić information content (AvgIpc) is 2.36. The summed E-state index contributed by atoms with van der Waals surface area (Å²) < 4.78 is 0. The van der Waals surface area contributed by atoms with E-state index in [1.54, 1.807) is 0 Å². The van der Waals surface area contributed by atoms with Gasteiger partial charge in [0.25, 0.3) is 0 Å². The number of hydrogen-bond acceptors (Lipinski definition) is 5. The van der Waals surface area contributed by atoms with Gasteiger partial charge in [-0.05, 0) is 36.8 Å². The summed E-state index contributed by atoms with van der Waals surface area (Å²) in [5, 5.41) is 2.33. The lowest BCUT2D eigenvalue weighted by Crippen LogP contribution is -2.54. The second-order valence-corrected chi connectivity index (χ2v) is 5.30. The molecule has 3 rings (SSSR count). The summed E-state index contributed by atoms with van der Waals surface area (Å²) in [4.78, 5) is 10.3. The lowest BCUT2D eigenvalue weighted by molar-refractivity contribution is 0.534. The molecule has 0 fully saturated rings. The van der Waals surface area contributed by atoms with E-state index in [9.17, 15) is 0 Å². The summed E-state index contributed by atoms with van der Waals surface area (Å²) in [5.41, 5.74) is 12.1. The monoisotopic (exact) mass is 303 g/mol. The van der Waals surface area contributed by atoms with Gasteiger partial charge in [-0.15, -0.1) is 12.4 Å². The van der Waals surface area contributed by atoms with Crippen LogP contribution in [0.2, 0.25) is 0 Å². The minimum Gasteiger partial charge on any atom is -0.369 e. The van der Waals surface area contributed by atoms with Crippen LogP contribution in [-0.4, -0.2) is 17.6 Å². The van der Waals surface area contributed by atoms with Crippen LogP contribution in [0.15, 0.2) is 52.4 Å². The molecule has 21 heavy (non-hydrogen) atoms. The fourth-order valence-electron chi connectivity index (χ4n) is 2.57. The Bertz CT molecular complexity index is 736. The standard InChI is InChI=1S/C15H17N5.ClH/c1-15(2)19-13(16)18-14(17)20(15)12-8-7-10-5-3-4-6-11(10)9-12;/h3-9H,1-2H3,(H4,16,17,18,19);1H. The summed E-state index contributed by atoms with van der Waals surface area (Å²) in [6, 6.07) is 14.3. The first-order valence-corrected chi connectivity index (χ1v) is 6.46. The van der Waals surface area contributed by atoms with E-state index >= 15 is 0 Å². The molecule has 110 valence electrons. The average molecular weight is 304 g/mol. The van der Waals surface area contributed by atoms with Crippen LogP contribution in [0, 0.1) is 0 Å². The van der Waals surface area contributed by atoms with Crippen LogP contribution in [0.4, 0.5) is 5.69 Å². The molecule has 4 N–H and O–H groups in total. The molecule has 0 unspecified atom stereocenters. The molecule has 2 aromatic rings. The Morgan fingerprint density at radius 2 is 1.67 bits per heavy atom. The molecule has 0 saturated heterocycles. The minimum atomic E-state index is -0.557. The molecule has 1 aliphatic rings. The molecule has 5 nitrogen and oxygen atoms in total. The van der Waals surface area contributed by atoms with Gasteiger partial charge in [0.15, 0.2) is 0 Å². The number of nitrogens with zero attached hydrogens (tertiary/aromatic N) is 3. The SMILES string of the molecule is CC1(C)N=C(N)N=C(N)N1c1ccc2ccccc2c1.Cl. The molecule has 0 aliphatic carbocycles. The second-order valence-electron chi connectivity index (χ2n) is 5.30. The van der Waals surface area contributed by atoms with Gasteiger partial charge in [-0.25, -0.2) is 4.99 Å². The summed E-state index contributed by atoms with van der Waals surface area (Å²) in [6.45, 7) is 3.91. The molecule has 6 heteroatoms. The van der Waals surface area contributed by atoms with Crippen molar-refractivity contribution < 1.29 is 0 Å². The van der Waals surface area contributed by atoms with Crippen molar-refractivity contribution in [2.75, 3.05) is 4.90 Å². The van der Waals surface area contributed by atoms with Crippen molar-refractivity contribution >= 4 is 40.8 Å². The Balaban J connectivity index is 0.00000161. The third kappa shape index (κ3) is 2.64. The van der Waals surface area contributed by atoms with Gasteiger partial charge < -0.3 is 11.5 Å². The number of halogens is 1. The van der Waals surface area contributed by atoms with Crippen LogP contribution < -0.4 is 16.4 Å². The van der Waals surface area contributed by atoms with Gasteiger partial charge in [-0.3, -0.25) is 4.90 Å². The zero-order valence-electron chi connectivity index (χ0n) is 11.9. The Hall–Kier alpha value is -2.27. The fraction of sp³-hybridized carbons (Fsp3) is 0.200. The van der Waals surface area contributed by atoms with Gasteiger partial charge in [0.1, 0.15) is 5.66 Å². The molecule has 0 saturated carbocycles. The smallest absolute Gasteiger partial charge is 0.220 e. The Labute approximate surface area is 129 Å². The summed E-state index contributed by atoms with van der Waals surface area (Å²) in [7, 11) is 0. The number of benzene rings is 2. The maximum absolute atomic E-state index is 6.04. The zero-order valence-corrected chi connectivity index (χ0v) is 12.8. The lowest BCUT2D eigenvalue weighted by Gasteiger charge is -2.38. The topological polar surface area (TPSA) is 80.0 Å². The molecule has 1 aliphatic heterocycles. The summed E-state index contributed by atoms with van der Waals surface area (Å²) in [6.07, 6.45) is 0. The van der Waals surface area contributed by atoms with Gasteiger partial charge in [0.2, 0.25) is 11.9 Å². The van der Waals surface area contributed by atoms with Crippen LogP contribution in [-0.2, 0) is 0 Å². The predicted octanol–water partition coefficient (Wildman–Crippen LogP) is 2.45. The summed E-state index contributed by atoms with van der Waals surface area (Å²) >= 11 is 0. The van der Waals surface area contributed by atoms with Crippen LogP contribution in [0.3, 0.4) is 0 Å². The van der Waals surface area contributed by atoms with Crippen LogP contribution in [0.1, 0.15) is 13.8 Å². The molecule has 0 atom stereocenters. The second kappa shape index (κ2) is 5.26. The van der Waals surface area contributed by atoms with Gasteiger partial charge >= 0.3 is 0 Å². The van der Waals surface area contributed by atoms with E-state index in [4.69, 9.17) is 11.5 Å².